The van der Waals surface area contributed by atoms with Crippen molar-refractivity contribution in [2.75, 3.05) is 40.3 Å². The molecule has 0 aromatic heterocycles. The maximum absolute atomic E-state index is 3.57. The Labute approximate surface area is 120 Å². The molecule has 0 spiro atoms. The van der Waals surface area contributed by atoms with E-state index in [1.54, 1.807) is 0 Å². The average Bonchev–Trinajstić information content (AvgIpc) is 2.41. The number of unbranched alkanes of at least 4 members (excludes halogenated alkanes) is 1. The normalized spacial score (nSPS) is 20.1. The van der Waals surface area contributed by atoms with Crippen LogP contribution >= 0.6 is 0 Å². The van der Waals surface area contributed by atoms with Crippen molar-refractivity contribution < 1.29 is 0 Å². The number of hydrogen-bond acceptors (Lipinski definition) is 3. The molecule has 1 atom stereocenters. The number of likely N-dealkylation sites (tertiary alicyclic amines) is 1. The summed E-state index contributed by atoms with van der Waals surface area (Å²) in [6.07, 6.45) is 7.96. The highest BCUT2D eigenvalue weighted by atomic mass is 15.2. The van der Waals surface area contributed by atoms with E-state index in [0.717, 1.165) is 12.6 Å². The molecule has 0 aromatic rings. The summed E-state index contributed by atoms with van der Waals surface area (Å²) >= 11 is 0. The second-order valence-electron chi connectivity index (χ2n) is 6.37. The largest absolute Gasteiger partial charge is 0.314 e. The molecule has 19 heavy (non-hydrogen) atoms. The summed E-state index contributed by atoms with van der Waals surface area (Å²) in [5.74, 6) is 0. The van der Waals surface area contributed by atoms with Gasteiger partial charge in [0, 0.05) is 12.1 Å². The zero-order chi connectivity index (χ0) is 14.1. The van der Waals surface area contributed by atoms with E-state index in [2.05, 4.69) is 43.1 Å². The summed E-state index contributed by atoms with van der Waals surface area (Å²) < 4.78 is 0. The summed E-state index contributed by atoms with van der Waals surface area (Å²) in [6, 6.07) is 1.51. The van der Waals surface area contributed by atoms with Crippen molar-refractivity contribution in [2.24, 2.45) is 0 Å². The molecule has 0 amide bonds. The van der Waals surface area contributed by atoms with Gasteiger partial charge >= 0.3 is 0 Å². The Kier molecular flexibility index (Phi) is 8.67. The van der Waals surface area contributed by atoms with Crippen molar-refractivity contribution in [1.82, 2.24) is 15.1 Å². The zero-order valence-electron chi connectivity index (χ0n) is 13.6. The van der Waals surface area contributed by atoms with Crippen LogP contribution in [0.15, 0.2) is 0 Å². The van der Waals surface area contributed by atoms with Crippen LogP contribution in [0.5, 0.6) is 0 Å². The molecule has 3 nitrogen and oxygen atoms in total. The smallest absolute Gasteiger partial charge is 0.0117 e. The quantitative estimate of drug-likeness (QED) is 0.649. The van der Waals surface area contributed by atoms with Gasteiger partial charge in [-0.3, -0.25) is 0 Å². The number of nitrogens with one attached hydrogen (secondary N) is 1. The highest BCUT2D eigenvalue weighted by molar-refractivity contribution is 4.76. The van der Waals surface area contributed by atoms with Gasteiger partial charge in [-0.1, -0.05) is 13.3 Å². The van der Waals surface area contributed by atoms with Gasteiger partial charge in [0.25, 0.3) is 0 Å². The molecule has 0 saturated carbocycles. The van der Waals surface area contributed by atoms with Crippen LogP contribution in [-0.4, -0.2) is 62.2 Å². The zero-order valence-corrected chi connectivity index (χ0v) is 13.6. The minimum Gasteiger partial charge on any atom is -0.314 e. The van der Waals surface area contributed by atoms with Crippen molar-refractivity contribution in [3.05, 3.63) is 0 Å². The monoisotopic (exact) mass is 269 g/mol. The van der Waals surface area contributed by atoms with Crippen molar-refractivity contribution in [1.29, 1.82) is 0 Å². The highest BCUT2D eigenvalue weighted by Gasteiger charge is 2.19. The van der Waals surface area contributed by atoms with E-state index in [1.165, 1.54) is 58.2 Å². The lowest BCUT2D eigenvalue weighted by Crippen LogP contribution is -2.42. The van der Waals surface area contributed by atoms with Gasteiger partial charge in [-0.05, 0) is 79.3 Å². The maximum Gasteiger partial charge on any atom is 0.0117 e. The Bertz CT molecular complexity index is 212. The van der Waals surface area contributed by atoms with Crippen molar-refractivity contribution in [2.45, 2.75) is 64.5 Å². The van der Waals surface area contributed by atoms with Crippen molar-refractivity contribution in [3.63, 3.8) is 0 Å². The van der Waals surface area contributed by atoms with Crippen LogP contribution in [0, 0.1) is 0 Å². The Balaban J connectivity index is 2.02. The molecule has 0 aliphatic carbocycles. The van der Waals surface area contributed by atoms with Gasteiger partial charge in [-0.2, -0.15) is 0 Å². The lowest BCUT2D eigenvalue weighted by Gasteiger charge is -2.35. The number of rotatable bonds is 9. The van der Waals surface area contributed by atoms with Crippen LogP contribution in [0.3, 0.4) is 0 Å². The van der Waals surface area contributed by atoms with Crippen LogP contribution in [-0.2, 0) is 0 Å². The van der Waals surface area contributed by atoms with Gasteiger partial charge < -0.3 is 15.1 Å². The molecule has 0 bridgehead atoms. The summed E-state index contributed by atoms with van der Waals surface area (Å²) in [7, 11) is 4.55. The molecule has 3 heteroatoms. The first-order valence-electron chi connectivity index (χ1n) is 8.25. The van der Waals surface area contributed by atoms with Gasteiger partial charge in [0.05, 0.1) is 0 Å². The number of nitrogens with zero attached hydrogens (tertiary/aromatic N) is 2. The molecular formula is C16H35N3. The van der Waals surface area contributed by atoms with E-state index in [-0.39, 0.29) is 0 Å². The maximum atomic E-state index is 3.57. The van der Waals surface area contributed by atoms with Gasteiger partial charge in [-0.25, -0.2) is 0 Å². The van der Waals surface area contributed by atoms with Gasteiger partial charge in [0.15, 0.2) is 0 Å². The molecule has 1 fully saturated rings. The molecule has 1 N–H and O–H groups in total. The molecule has 1 aliphatic rings. The highest BCUT2D eigenvalue weighted by Crippen LogP contribution is 2.14. The molecule has 0 radical (unpaired) electrons. The van der Waals surface area contributed by atoms with Crippen LogP contribution in [0.4, 0.5) is 0 Å². The first-order chi connectivity index (χ1) is 9.13. The first kappa shape index (κ1) is 16.9. The Morgan fingerprint density at radius 2 is 1.95 bits per heavy atom. The summed E-state index contributed by atoms with van der Waals surface area (Å²) in [4.78, 5) is 5.04. The van der Waals surface area contributed by atoms with Gasteiger partial charge in [0.2, 0.25) is 0 Å². The predicted octanol–water partition coefficient (Wildman–Crippen LogP) is 2.57. The van der Waals surface area contributed by atoms with Crippen molar-refractivity contribution in [3.8, 4) is 0 Å². The Morgan fingerprint density at radius 1 is 1.26 bits per heavy atom. The fraction of sp³-hybridized carbons (Fsp3) is 1.00. The average molecular weight is 269 g/mol. The third-order valence-corrected chi connectivity index (χ3v) is 4.45. The van der Waals surface area contributed by atoms with E-state index < -0.39 is 0 Å². The minimum atomic E-state index is 0.689. The molecule has 0 aromatic carbocycles. The Hall–Kier alpha value is -0.120. The number of piperidine rings is 1. The third-order valence-electron chi connectivity index (χ3n) is 4.45. The fourth-order valence-electron chi connectivity index (χ4n) is 2.92. The molecule has 1 rings (SSSR count). The molecule has 114 valence electrons. The third kappa shape index (κ3) is 7.28. The van der Waals surface area contributed by atoms with E-state index >= 15 is 0 Å². The molecule has 1 saturated heterocycles. The van der Waals surface area contributed by atoms with Gasteiger partial charge in [0.1, 0.15) is 0 Å². The van der Waals surface area contributed by atoms with Crippen LogP contribution in [0.25, 0.3) is 0 Å². The molecule has 1 unspecified atom stereocenters. The SMILES string of the molecule is CCCNC(C)CCCCN(C)C1CCN(C)CC1. The minimum absolute atomic E-state index is 0.689. The summed E-state index contributed by atoms with van der Waals surface area (Å²) in [5.41, 5.74) is 0. The van der Waals surface area contributed by atoms with Crippen molar-refractivity contribution >= 4 is 0 Å². The number of hydrogen-bond donors (Lipinski definition) is 1. The molecular weight excluding hydrogens is 234 g/mol. The first-order valence-corrected chi connectivity index (χ1v) is 8.25. The van der Waals surface area contributed by atoms with Gasteiger partial charge in [-0.15, -0.1) is 0 Å². The predicted molar refractivity (Wildman–Crippen MR) is 84.8 cm³/mol. The standard InChI is InChI=1S/C16H35N3/c1-5-11-17-15(2)8-6-7-12-19(4)16-9-13-18(3)14-10-16/h15-17H,5-14H2,1-4H3. The summed E-state index contributed by atoms with van der Waals surface area (Å²) in [5, 5.41) is 3.57. The molecule has 1 aliphatic heterocycles. The second kappa shape index (κ2) is 9.73. The second-order valence-corrected chi connectivity index (χ2v) is 6.37. The topological polar surface area (TPSA) is 18.5 Å². The van der Waals surface area contributed by atoms with Crippen LogP contribution in [0.1, 0.15) is 52.4 Å². The van der Waals surface area contributed by atoms with E-state index in [9.17, 15) is 0 Å². The Morgan fingerprint density at radius 3 is 2.58 bits per heavy atom. The van der Waals surface area contributed by atoms with E-state index in [1.807, 2.05) is 0 Å². The van der Waals surface area contributed by atoms with E-state index in [0.29, 0.717) is 6.04 Å². The van der Waals surface area contributed by atoms with E-state index in [4.69, 9.17) is 0 Å². The summed E-state index contributed by atoms with van der Waals surface area (Å²) in [6.45, 7) is 9.53. The van der Waals surface area contributed by atoms with Crippen LogP contribution < -0.4 is 5.32 Å². The fourth-order valence-corrected chi connectivity index (χ4v) is 2.92. The lowest BCUT2D eigenvalue weighted by atomic mass is 10.0. The lowest BCUT2D eigenvalue weighted by molar-refractivity contribution is 0.142. The van der Waals surface area contributed by atoms with Crippen LogP contribution in [0.2, 0.25) is 0 Å². The molecule has 1 heterocycles.